The first-order valence-electron chi connectivity index (χ1n) is 11.2. The van der Waals surface area contributed by atoms with Gasteiger partial charge in [-0.3, -0.25) is 14.5 Å². The van der Waals surface area contributed by atoms with Gasteiger partial charge in [-0.15, -0.1) is 0 Å². The van der Waals surface area contributed by atoms with Crippen molar-refractivity contribution in [3.63, 3.8) is 0 Å². The Morgan fingerprint density at radius 2 is 1.81 bits per heavy atom. The Hall–Kier alpha value is -2.93. The second-order valence-electron chi connectivity index (χ2n) is 8.77. The second kappa shape index (κ2) is 9.28. The standard InChI is InChI=1S/C25H30FN3O3/c1-17(30)27-20-11-12-22(23(15-20)32-2)24(31)28-25-13-3-5-21(6-4-14-25)29(25)16-18-7-9-19(26)10-8-18/h7-12,15,21H,3-6,13-14,16H2,1-2H3,(H,27,30)(H,28,31). The lowest BCUT2D eigenvalue weighted by atomic mass is 9.79. The number of carbonyl (C=O) groups is 2. The molecule has 0 aromatic heterocycles. The summed E-state index contributed by atoms with van der Waals surface area (Å²) in [5.74, 6) is -0.207. The normalized spacial score (nSPS) is 22.8. The summed E-state index contributed by atoms with van der Waals surface area (Å²) in [7, 11) is 1.51. The zero-order chi connectivity index (χ0) is 22.7. The number of fused-ring (bicyclic) bond motifs is 2. The number of piperidine rings is 2. The molecule has 2 amide bonds. The van der Waals surface area contributed by atoms with Crippen molar-refractivity contribution in [2.45, 2.75) is 63.7 Å². The van der Waals surface area contributed by atoms with E-state index >= 15 is 0 Å². The summed E-state index contributed by atoms with van der Waals surface area (Å²) in [5.41, 5.74) is 1.62. The molecule has 32 heavy (non-hydrogen) atoms. The maximum absolute atomic E-state index is 13.4. The molecule has 0 saturated carbocycles. The first kappa shape index (κ1) is 22.3. The SMILES string of the molecule is COc1cc(NC(C)=O)ccc1C(=O)NC12CCCC(CCC1)N2Cc1ccc(F)cc1. The van der Waals surface area contributed by atoms with Crippen molar-refractivity contribution in [2.75, 3.05) is 12.4 Å². The van der Waals surface area contributed by atoms with Gasteiger partial charge in [0.15, 0.2) is 0 Å². The number of rotatable bonds is 6. The lowest BCUT2D eigenvalue weighted by Gasteiger charge is -2.55. The van der Waals surface area contributed by atoms with Crippen LogP contribution in [0.5, 0.6) is 5.75 Å². The fraction of sp³-hybridized carbons (Fsp3) is 0.440. The third kappa shape index (κ3) is 4.63. The van der Waals surface area contributed by atoms with Gasteiger partial charge in [-0.2, -0.15) is 0 Å². The summed E-state index contributed by atoms with van der Waals surface area (Å²) in [6.45, 7) is 2.11. The Morgan fingerprint density at radius 1 is 1.12 bits per heavy atom. The Labute approximate surface area is 188 Å². The summed E-state index contributed by atoms with van der Waals surface area (Å²) in [5, 5.41) is 6.06. The van der Waals surface area contributed by atoms with Crippen LogP contribution in [-0.2, 0) is 11.3 Å². The largest absolute Gasteiger partial charge is 0.496 e. The van der Waals surface area contributed by atoms with E-state index in [0.29, 0.717) is 29.6 Å². The molecule has 2 aromatic carbocycles. The number of nitrogens with one attached hydrogen (secondary N) is 2. The van der Waals surface area contributed by atoms with Crippen LogP contribution in [-0.4, -0.2) is 35.5 Å². The Bertz CT molecular complexity index is 982. The molecule has 7 heteroatoms. The monoisotopic (exact) mass is 439 g/mol. The summed E-state index contributed by atoms with van der Waals surface area (Å²) >= 11 is 0. The average Bonchev–Trinajstić information content (AvgIpc) is 2.75. The van der Waals surface area contributed by atoms with Crippen molar-refractivity contribution in [3.8, 4) is 5.75 Å². The van der Waals surface area contributed by atoms with Gasteiger partial charge in [0.2, 0.25) is 5.91 Å². The number of nitrogens with zero attached hydrogens (tertiary/aromatic N) is 1. The van der Waals surface area contributed by atoms with Gasteiger partial charge in [0.25, 0.3) is 5.91 Å². The van der Waals surface area contributed by atoms with Gasteiger partial charge < -0.3 is 15.4 Å². The first-order valence-corrected chi connectivity index (χ1v) is 11.2. The molecular formula is C25H30FN3O3. The van der Waals surface area contributed by atoms with Crippen LogP contribution in [0.4, 0.5) is 10.1 Å². The van der Waals surface area contributed by atoms with E-state index in [4.69, 9.17) is 4.74 Å². The van der Waals surface area contributed by atoms with E-state index in [0.717, 1.165) is 44.1 Å². The number of halogens is 1. The van der Waals surface area contributed by atoms with Crippen molar-refractivity contribution in [1.29, 1.82) is 0 Å². The van der Waals surface area contributed by atoms with E-state index in [9.17, 15) is 14.0 Å². The highest BCUT2D eigenvalue weighted by Gasteiger charge is 2.47. The maximum Gasteiger partial charge on any atom is 0.256 e. The molecule has 2 fully saturated rings. The van der Waals surface area contributed by atoms with E-state index < -0.39 is 5.66 Å². The Morgan fingerprint density at radius 3 is 2.44 bits per heavy atom. The van der Waals surface area contributed by atoms with Crippen molar-refractivity contribution >= 4 is 17.5 Å². The number of methoxy groups -OCH3 is 1. The molecular weight excluding hydrogens is 409 g/mol. The molecule has 2 N–H and O–H groups in total. The van der Waals surface area contributed by atoms with E-state index in [1.54, 1.807) is 18.2 Å². The van der Waals surface area contributed by atoms with Gasteiger partial charge >= 0.3 is 0 Å². The van der Waals surface area contributed by atoms with Crippen LogP contribution in [0.15, 0.2) is 42.5 Å². The molecule has 0 radical (unpaired) electrons. The molecule has 2 heterocycles. The van der Waals surface area contributed by atoms with Crippen LogP contribution < -0.4 is 15.4 Å². The number of amides is 2. The number of hydrogen-bond donors (Lipinski definition) is 2. The number of ether oxygens (including phenoxy) is 1. The summed E-state index contributed by atoms with van der Waals surface area (Å²) < 4.78 is 18.8. The van der Waals surface area contributed by atoms with Crippen molar-refractivity contribution in [2.24, 2.45) is 0 Å². The van der Waals surface area contributed by atoms with E-state index in [2.05, 4.69) is 15.5 Å². The minimum absolute atomic E-state index is 0.185. The lowest BCUT2D eigenvalue weighted by Crippen LogP contribution is -2.67. The molecule has 0 spiro atoms. The van der Waals surface area contributed by atoms with Crippen LogP contribution in [0.3, 0.4) is 0 Å². The second-order valence-corrected chi connectivity index (χ2v) is 8.77. The van der Waals surface area contributed by atoms with Crippen molar-refractivity contribution < 1.29 is 18.7 Å². The van der Waals surface area contributed by atoms with Gasteiger partial charge in [0.1, 0.15) is 11.6 Å². The minimum Gasteiger partial charge on any atom is -0.496 e. The fourth-order valence-corrected chi connectivity index (χ4v) is 5.18. The van der Waals surface area contributed by atoms with Crippen LogP contribution >= 0.6 is 0 Å². The van der Waals surface area contributed by atoms with E-state index in [-0.39, 0.29) is 17.6 Å². The highest BCUT2D eigenvalue weighted by Crippen LogP contribution is 2.42. The zero-order valence-corrected chi connectivity index (χ0v) is 18.6. The highest BCUT2D eigenvalue weighted by molar-refractivity contribution is 5.98. The van der Waals surface area contributed by atoms with Gasteiger partial charge in [-0.1, -0.05) is 12.1 Å². The predicted octanol–water partition coefficient (Wildman–Crippen LogP) is 4.46. The molecule has 170 valence electrons. The van der Waals surface area contributed by atoms with Gasteiger partial charge in [-0.05, 0) is 68.4 Å². The topological polar surface area (TPSA) is 70.7 Å². The van der Waals surface area contributed by atoms with Crippen molar-refractivity contribution in [3.05, 3.63) is 59.4 Å². The Kier molecular flexibility index (Phi) is 6.46. The van der Waals surface area contributed by atoms with Crippen LogP contribution in [0, 0.1) is 5.82 Å². The van der Waals surface area contributed by atoms with Gasteiger partial charge in [-0.25, -0.2) is 4.39 Å². The molecule has 2 aromatic rings. The summed E-state index contributed by atoms with van der Waals surface area (Å²) in [6.07, 6.45) is 6.08. The van der Waals surface area contributed by atoms with E-state index in [1.807, 2.05) is 12.1 Å². The first-order chi connectivity index (χ1) is 15.4. The lowest BCUT2D eigenvalue weighted by molar-refractivity contribution is -0.114. The number of carbonyl (C=O) groups excluding carboxylic acids is 2. The van der Waals surface area contributed by atoms with Gasteiger partial charge in [0.05, 0.1) is 18.3 Å². The van der Waals surface area contributed by atoms with Crippen molar-refractivity contribution in [1.82, 2.24) is 10.2 Å². The highest BCUT2D eigenvalue weighted by atomic mass is 19.1. The zero-order valence-electron chi connectivity index (χ0n) is 18.6. The molecule has 0 unspecified atom stereocenters. The minimum atomic E-state index is -0.437. The Balaban J connectivity index is 1.59. The molecule has 0 atom stereocenters. The van der Waals surface area contributed by atoms with Crippen LogP contribution in [0.1, 0.15) is 61.4 Å². The molecule has 2 saturated heterocycles. The summed E-state index contributed by atoms with van der Waals surface area (Å²) in [6, 6.07) is 12.1. The maximum atomic E-state index is 13.4. The fourth-order valence-electron chi connectivity index (χ4n) is 5.18. The summed E-state index contributed by atoms with van der Waals surface area (Å²) in [4.78, 5) is 27.2. The number of hydrogen-bond acceptors (Lipinski definition) is 4. The molecule has 2 aliphatic rings. The average molecular weight is 440 g/mol. The predicted molar refractivity (Wildman–Crippen MR) is 121 cm³/mol. The molecule has 6 nitrogen and oxygen atoms in total. The molecule has 0 aliphatic carbocycles. The molecule has 2 bridgehead atoms. The number of anilines is 1. The quantitative estimate of drug-likeness (QED) is 0.697. The van der Waals surface area contributed by atoms with E-state index in [1.165, 1.54) is 26.2 Å². The third-order valence-corrected chi connectivity index (χ3v) is 6.62. The van der Waals surface area contributed by atoms with Gasteiger partial charge in [0, 0.05) is 31.3 Å². The molecule has 2 aliphatic heterocycles. The number of benzene rings is 2. The van der Waals surface area contributed by atoms with Crippen LogP contribution in [0.2, 0.25) is 0 Å². The molecule has 4 rings (SSSR count). The van der Waals surface area contributed by atoms with Crippen LogP contribution in [0.25, 0.3) is 0 Å². The smallest absolute Gasteiger partial charge is 0.256 e. The third-order valence-electron chi connectivity index (χ3n) is 6.62.